The topological polar surface area (TPSA) is 46.3 Å². The van der Waals surface area contributed by atoms with Crippen LogP contribution >= 0.6 is 12.4 Å². The summed E-state index contributed by atoms with van der Waals surface area (Å²) in [5, 5.41) is 0. The highest BCUT2D eigenvalue weighted by molar-refractivity contribution is 5.85. The Morgan fingerprint density at radius 3 is 2.10 bits per heavy atom. The van der Waals surface area contributed by atoms with Crippen molar-refractivity contribution in [1.82, 2.24) is 4.90 Å². The Morgan fingerprint density at radius 2 is 1.65 bits per heavy atom. The molecule has 0 aromatic heterocycles. The van der Waals surface area contributed by atoms with E-state index in [1.807, 2.05) is 0 Å². The molecule has 0 aromatic carbocycles. The van der Waals surface area contributed by atoms with E-state index in [0.717, 1.165) is 37.8 Å². The Labute approximate surface area is 129 Å². The molecule has 116 valence electrons. The molecule has 3 nitrogen and oxygen atoms in total. The number of nitrogens with zero attached hydrogens (tertiary/aromatic N) is 1. The van der Waals surface area contributed by atoms with E-state index in [9.17, 15) is 4.79 Å². The van der Waals surface area contributed by atoms with E-state index in [1.165, 1.54) is 38.5 Å². The van der Waals surface area contributed by atoms with Crippen LogP contribution in [-0.2, 0) is 4.79 Å². The molecule has 2 N–H and O–H groups in total. The lowest BCUT2D eigenvalue weighted by molar-refractivity contribution is -0.139. The Morgan fingerprint density at radius 1 is 1.10 bits per heavy atom. The van der Waals surface area contributed by atoms with Gasteiger partial charge >= 0.3 is 0 Å². The van der Waals surface area contributed by atoms with Crippen LogP contribution in [0, 0.1) is 17.8 Å². The second-order valence-electron chi connectivity index (χ2n) is 7.43. The molecule has 3 aliphatic rings. The van der Waals surface area contributed by atoms with Crippen LogP contribution in [-0.4, -0.2) is 29.4 Å². The molecule has 2 unspecified atom stereocenters. The van der Waals surface area contributed by atoms with Crippen LogP contribution < -0.4 is 5.73 Å². The van der Waals surface area contributed by atoms with Crippen molar-refractivity contribution < 1.29 is 4.79 Å². The molecule has 0 radical (unpaired) electrons. The molecule has 2 atom stereocenters. The molecule has 20 heavy (non-hydrogen) atoms. The fourth-order valence-corrected chi connectivity index (χ4v) is 3.46. The van der Waals surface area contributed by atoms with Crippen LogP contribution in [0.5, 0.6) is 0 Å². The van der Waals surface area contributed by atoms with Gasteiger partial charge in [-0.15, -0.1) is 12.4 Å². The van der Waals surface area contributed by atoms with Crippen LogP contribution in [0.25, 0.3) is 0 Å². The van der Waals surface area contributed by atoms with E-state index in [1.54, 1.807) is 0 Å². The average Bonchev–Trinajstić information content (AvgIpc) is 3.21. The van der Waals surface area contributed by atoms with Crippen molar-refractivity contribution in [2.75, 3.05) is 13.1 Å². The number of hydrogen-bond donors (Lipinski definition) is 1. The first-order chi connectivity index (χ1) is 9.06. The normalized spacial score (nSPS) is 33.4. The molecule has 1 amide bonds. The molecule has 3 saturated carbocycles. The van der Waals surface area contributed by atoms with Gasteiger partial charge in [0.25, 0.3) is 0 Å². The van der Waals surface area contributed by atoms with Crippen molar-refractivity contribution in [2.24, 2.45) is 23.5 Å². The quantitative estimate of drug-likeness (QED) is 0.848. The highest BCUT2D eigenvalue weighted by Crippen LogP contribution is 2.37. The van der Waals surface area contributed by atoms with Gasteiger partial charge in [-0.2, -0.15) is 0 Å². The van der Waals surface area contributed by atoms with Crippen molar-refractivity contribution in [3.05, 3.63) is 0 Å². The van der Waals surface area contributed by atoms with Gasteiger partial charge in [-0.25, -0.2) is 0 Å². The summed E-state index contributed by atoms with van der Waals surface area (Å²) >= 11 is 0. The molecule has 0 bridgehead atoms. The number of halogens is 1. The molecule has 3 aliphatic carbocycles. The number of amides is 1. The van der Waals surface area contributed by atoms with Gasteiger partial charge in [0, 0.05) is 18.6 Å². The highest BCUT2D eigenvalue weighted by Gasteiger charge is 2.41. The van der Waals surface area contributed by atoms with E-state index >= 15 is 0 Å². The summed E-state index contributed by atoms with van der Waals surface area (Å²) < 4.78 is 0. The lowest BCUT2D eigenvalue weighted by Crippen LogP contribution is -2.54. The second-order valence-corrected chi connectivity index (χ2v) is 7.43. The smallest absolute Gasteiger partial charge is 0.227 e. The third kappa shape index (κ3) is 3.88. The summed E-state index contributed by atoms with van der Waals surface area (Å²) in [6.07, 6.45) is 9.63. The monoisotopic (exact) mass is 300 g/mol. The van der Waals surface area contributed by atoms with Crippen LogP contribution in [0.4, 0.5) is 0 Å². The number of carbonyl (C=O) groups excluding carboxylic acids is 1. The van der Waals surface area contributed by atoms with Crippen molar-refractivity contribution in [3.8, 4) is 0 Å². The minimum atomic E-state index is -0.277. The highest BCUT2D eigenvalue weighted by atomic mass is 35.5. The average molecular weight is 301 g/mol. The van der Waals surface area contributed by atoms with Gasteiger partial charge in [-0.1, -0.05) is 12.8 Å². The Hall–Kier alpha value is -0.280. The molecule has 4 heteroatoms. The fourth-order valence-electron chi connectivity index (χ4n) is 3.46. The first kappa shape index (κ1) is 16.1. The number of rotatable bonds is 5. The maximum absolute atomic E-state index is 12.9. The van der Waals surface area contributed by atoms with Crippen LogP contribution in [0.1, 0.15) is 58.3 Å². The van der Waals surface area contributed by atoms with Gasteiger partial charge in [-0.05, 0) is 57.3 Å². The van der Waals surface area contributed by atoms with Gasteiger partial charge in [-0.3, -0.25) is 4.79 Å². The first-order valence-electron chi connectivity index (χ1n) is 8.14. The SMILES string of the molecule is CC1(N)CCCCC1C(=O)N(CC1CC1)CC1CC1.Cl. The minimum absolute atomic E-state index is 0. The maximum Gasteiger partial charge on any atom is 0.227 e. The summed E-state index contributed by atoms with van der Waals surface area (Å²) in [6, 6.07) is 0. The van der Waals surface area contributed by atoms with Gasteiger partial charge < -0.3 is 10.6 Å². The summed E-state index contributed by atoms with van der Waals surface area (Å²) in [6.45, 7) is 4.09. The maximum atomic E-state index is 12.9. The minimum Gasteiger partial charge on any atom is -0.342 e. The van der Waals surface area contributed by atoms with Crippen LogP contribution in [0.2, 0.25) is 0 Å². The first-order valence-corrected chi connectivity index (χ1v) is 8.14. The molecule has 3 fully saturated rings. The zero-order valence-corrected chi connectivity index (χ0v) is 13.5. The zero-order chi connectivity index (χ0) is 13.5. The van der Waals surface area contributed by atoms with Gasteiger partial charge in [0.15, 0.2) is 0 Å². The lowest BCUT2D eigenvalue weighted by atomic mass is 9.74. The summed E-state index contributed by atoms with van der Waals surface area (Å²) in [5.41, 5.74) is 6.13. The van der Waals surface area contributed by atoms with E-state index in [4.69, 9.17) is 5.73 Å². The van der Waals surface area contributed by atoms with Crippen LogP contribution in [0.3, 0.4) is 0 Å². The molecule has 0 heterocycles. The Kier molecular flexibility index (Phi) is 5.01. The molecular formula is C16H29ClN2O. The summed E-state index contributed by atoms with van der Waals surface area (Å²) in [7, 11) is 0. The number of carbonyl (C=O) groups is 1. The van der Waals surface area contributed by atoms with E-state index < -0.39 is 0 Å². The molecule has 3 rings (SSSR count). The number of hydrogen-bond acceptors (Lipinski definition) is 2. The summed E-state index contributed by atoms with van der Waals surface area (Å²) in [4.78, 5) is 15.1. The fraction of sp³-hybridized carbons (Fsp3) is 0.938. The Bertz CT molecular complexity index is 336. The third-order valence-corrected chi connectivity index (χ3v) is 5.22. The van der Waals surface area contributed by atoms with E-state index in [0.29, 0.717) is 5.91 Å². The van der Waals surface area contributed by atoms with Gasteiger partial charge in [0.1, 0.15) is 0 Å². The van der Waals surface area contributed by atoms with Crippen molar-refractivity contribution in [2.45, 2.75) is 63.8 Å². The van der Waals surface area contributed by atoms with Gasteiger partial charge in [0.2, 0.25) is 5.91 Å². The Balaban J connectivity index is 0.00000147. The zero-order valence-electron chi connectivity index (χ0n) is 12.6. The van der Waals surface area contributed by atoms with Crippen molar-refractivity contribution >= 4 is 18.3 Å². The third-order valence-electron chi connectivity index (χ3n) is 5.22. The van der Waals surface area contributed by atoms with Crippen LogP contribution in [0.15, 0.2) is 0 Å². The van der Waals surface area contributed by atoms with E-state index in [2.05, 4.69) is 11.8 Å². The molecule has 0 aromatic rings. The molecular weight excluding hydrogens is 272 g/mol. The predicted molar refractivity (Wildman–Crippen MR) is 83.8 cm³/mol. The van der Waals surface area contributed by atoms with Crippen molar-refractivity contribution in [3.63, 3.8) is 0 Å². The summed E-state index contributed by atoms with van der Waals surface area (Å²) in [5.74, 6) is 2.01. The standard InChI is InChI=1S/C16H28N2O.ClH/c1-16(17)9-3-2-4-14(16)15(19)18(10-12-5-6-12)11-13-7-8-13;/h12-14H,2-11,17H2,1H3;1H. The number of nitrogens with two attached hydrogens (primary N) is 1. The second kappa shape index (κ2) is 6.23. The van der Waals surface area contributed by atoms with E-state index in [-0.39, 0.29) is 23.9 Å². The largest absolute Gasteiger partial charge is 0.342 e. The van der Waals surface area contributed by atoms with Gasteiger partial charge in [0.05, 0.1) is 5.92 Å². The lowest BCUT2D eigenvalue weighted by Gasteiger charge is -2.40. The van der Waals surface area contributed by atoms with Crippen molar-refractivity contribution in [1.29, 1.82) is 0 Å². The molecule has 0 spiro atoms. The molecule has 0 aliphatic heterocycles. The predicted octanol–water partition coefficient (Wildman–Crippen LogP) is 2.96. The molecule has 0 saturated heterocycles.